The van der Waals surface area contributed by atoms with Crippen LogP contribution in [0.25, 0.3) is 0 Å². The van der Waals surface area contributed by atoms with Crippen molar-refractivity contribution in [3.63, 3.8) is 0 Å². The van der Waals surface area contributed by atoms with Gasteiger partial charge in [-0.2, -0.15) is 0 Å². The van der Waals surface area contributed by atoms with E-state index < -0.39 is 95.1 Å². The van der Waals surface area contributed by atoms with Crippen molar-refractivity contribution in [1.82, 2.24) is 0 Å². The molecule has 16 nitrogen and oxygen atoms in total. The molecule has 0 spiro atoms. The zero-order valence-corrected chi connectivity index (χ0v) is 33.8. The first-order chi connectivity index (χ1) is 25.4. The fourth-order valence-electron chi connectivity index (χ4n) is 7.02. The Labute approximate surface area is 318 Å². The summed E-state index contributed by atoms with van der Waals surface area (Å²) in [5.41, 5.74) is -6.51. The quantitative estimate of drug-likeness (QED) is 0.0634. The molecule has 0 heterocycles. The van der Waals surface area contributed by atoms with Gasteiger partial charge in [-0.25, -0.2) is 0 Å². The smallest absolute Gasteiger partial charge is 0.312 e. The van der Waals surface area contributed by atoms with Crippen LogP contribution in [0.15, 0.2) is 0 Å². The number of rotatable bonds is 27. The van der Waals surface area contributed by atoms with E-state index in [2.05, 4.69) is 0 Å². The second kappa shape index (κ2) is 24.2. The van der Waals surface area contributed by atoms with Crippen LogP contribution in [0.2, 0.25) is 0 Å². The largest absolute Gasteiger partial charge is 0.469 e. The van der Waals surface area contributed by atoms with Gasteiger partial charge in [-0.3, -0.25) is 38.4 Å². The van der Waals surface area contributed by atoms with Gasteiger partial charge in [0.15, 0.2) is 0 Å². The van der Waals surface area contributed by atoms with E-state index in [0.717, 1.165) is 28.4 Å². The maximum Gasteiger partial charge on any atom is 0.312 e. The third kappa shape index (κ3) is 14.5. The van der Waals surface area contributed by atoms with Gasteiger partial charge in [0, 0.05) is 0 Å². The molecule has 0 aromatic rings. The second-order valence-electron chi connectivity index (χ2n) is 13.6. The first kappa shape index (κ1) is 49.8. The van der Waals surface area contributed by atoms with Crippen LogP contribution >= 0.6 is 0 Å². The average molecular weight is 775 g/mol. The summed E-state index contributed by atoms with van der Waals surface area (Å²) < 4.78 is 41.1. The first-order valence-electron chi connectivity index (χ1n) is 18.4. The molecule has 0 aromatic carbocycles. The Morgan fingerprint density at radius 1 is 0.407 bits per heavy atom. The standard InChI is InChI=1S/C38H62O16/c1-11-36(32(44)49-9,24-30(42)52-13-3)26-38(23-28(40)48-8,34(46)54-15-5)20-18-16-17-19-37(33(45)50-10,22-27(39)47-7)25-35(6,31(43)53-14-4)21-29(41)51-12-2/h11-26H2,1-10H3. The molecule has 0 aromatic heterocycles. The highest BCUT2D eigenvalue weighted by molar-refractivity contribution is 5.88. The van der Waals surface area contributed by atoms with Crippen LogP contribution in [-0.2, 0) is 76.3 Å². The highest BCUT2D eigenvalue weighted by Crippen LogP contribution is 2.48. The van der Waals surface area contributed by atoms with E-state index in [4.69, 9.17) is 37.9 Å². The van der Waals surface area contributed by atoms with Gasteiger partial charge in [0.05, 0.1) is 102 Å². The van der Waals surface area contributed by atoms with E-state index in [9.17, 15) is 38.4 Å². The summed E-state index contributed by atoms with van der Waals surface area (Å²) in [5, 5.41) is 0. The summed E-state index contributed by atoms with van der Waals surface area (Å²) in [6.45, 7) is 9.55. The SMILES string of the molecule is CCOC(=O)CC(C)(CC(CCCCCC(CC(=O)OC)(CC(CC)(CC(=O)OCC)C(=O)OC)C(=O)OCC)(CC(=O)OC)C(=O)OC)C(=O)OCC. The Bertz CT molecular complexity index is 1280. The fraction of sp³-hybridized carbons (Fsp3) is 0.789. The van der Waals surface area contributed by atoms with E-state index in [1.54, 1.807) is 34.6 Å². The molecule has 0 rings (SSSR count). The third-order valence-corrected chi connectivity index (χ3v) is 9.65. The van der Waals surface area contributed by atoms with Gasteiger partial charge in [0.25, 0.3) is 0 Å². The maximum atomic E-state index is 13.9. The molecule has 0 N–H and O–H groups in total. The maximum absolute atomic E-state index is 13.9. The fourth-order valence-corrected chi connectivity index (χ4v) is 7.02. The van der Waals surface area contributed by atoms with Crippen LogP contribution < -0.4 is 0 Å². The van der Waals surface area contributed by atoms with E-state index >= 15 is 0 Å². The number of carbonyl (C=O) groups excluding carboxylic acids is 8. The number of ether oxygens (including phenoxy) is 8. The van der Waals surface area contributed by atoms with Crippen LogP contribution in [0.1, 0.15) is 119 Å². The van der Waals surface area contributed by atoms with Gasteiger partial charge in [-0.15, -0.1) is 0 Å². The molecule has 0 amide bonds. The summed E-state index contributed by atoms with van der Waals surface area (Å²) in [6.07, 6.45) is -1.73. The van der Waals surface area contributed by atoms with Crippen LogP contribution in [0.3, 0.4) is 0 Å². The minimum atomic E-state index is -1.66. The van der Waals surface area contributed by atoms with Gasteiger partial charge < -0.3 is 37.9 Å². The van der Waals surface area contributed by atoms with Crippen molar-refractivity contribution >= 4 is 47.8 Å². The van der Waals surface area contributed by atoms with Gasteiger partial charge in [-0.05, 0) is 66.7 Å². The van der Waals surface area contributed by atoms with Gasteiger partial charge in [0.1, 0.15) is 0 Å². The Balaban J connectivity index is 6.96. The second-order valence-corrected chi connectivity index (χ2v) is 13.6. The lowest BCUT2D eigenvalue weighted by Gasteiger charge is -2.39. The zero-order valence-electron chi connectivity index (χ0n) is 33.8. The van der Waals surface area contributed by atoms with Crippen molar-refractivity contribution in [2.45, 2.75) is 119 Å². The summed E-state index contributed by atoms with van der Waals surface area (Å²) >= 11 is 0. The van der Waals surface area contributed by atoms with Crippen molar-refractivity contribution < 1.29 is 76.3 Å². The Morgan fingerprint density at radius 3 is 1.20 bits per heavy atom. The lowest BCUT2D eigenvalue weighted by Crippen LogP contribution is -2.45. The van der Waals surface area contributed by atoms with Crippen molar-refractivity contribution in [3.8, 4) is 0 Å². The van der Waals surface area contributed by atoms with E-state index in [-0.39, 0.29) is 71.4 Å². The molecule has 16 heteroatoms. The molecule has 0 saturated heterocycles. The van der Waals surface area contributed by atoms with Crippen LogP contribution in [-0.4, -0.2) is 103 Å². The van der Waals surface area contributed by atoms with Crippen LogP contribution in [0, 0.1) is 21.7 Å². The molecule has 0 aliphatic carbocycles. The van der Waals surface area contributed by atoms with Crippen molar-refractivity contribution in [2.24, 2.45) is 21.7 Å². The number of unbranched alkanes of at least 4 members (excludes halogenated alkanes) is 2. The molecular weight excluding hydrogens is 712 g/mol. The highest BCUT2D eigenvalue weighted by Gasteiger charge is 2.54. The number of hydrogen-bond donors (Lipinski definition) is 0. The normalized spacial score (nSPS) is 15.4. The van der Waals surface area contributed by atoms with E-state index in [0.29, 0.717) is 6.42 Å². The zero-order chi connectivity index (χ0) is 41.6. The molecule has 4 unspecified atom stereocenters. The summed E-state index contributed by atoms with van der Waals surface area (Å²) in [4.78, 5) is 105. The molecule has 310 valence electrons. The monoisotopic (exact) mass is 774 g/mol. The molecule has 0 saturated carbocycles. The highest BCUT2D eigenvalue weighted by atomic mass is 16.6. The number of methoxy groups -OCH3 is 4. The molecule has 0 bridgehead atoms. The van der Waals surface area contributed by atoms with E-state index in [1.165, 1.54) is 6.92 Å². The minimum Gasteiger partial charge on any atom is -0.469 e. The summed E-state index contributed by atoms with van der Waals surface area (Å²) in [6, 6.07) is 0. The molecule has 0 radical (unpaired) electrons. The molecule has 0 aliphatic rings. The van der Waals surface area contributed by atoms with Crippen molar-refractivity contribution in [2.75, 3.05) is 54.9 Å². The van der Waals surface area contributed by atoms with Gasteiger partial charge >= 0.3 is 47.8 Å². The Kier molecular flexibility index (Phi) is 22.3. The lowest BCUT2D eigenvalue weighted by atomic mass is 9.64. The summed E-state index contributed by atoms with van der Waals surface area (Å²) in [5.74, 6) is -6.05. The Hall–Kier alpha value is -4.24. The molecule has 54 heavy (non-hydrogen) atoms. The third-order valence-electron chi connectivity index (χ3n) is 9.65. The number of esters is 8. The summed E-state index contributed by atoms with van der Waals surface area (Å²) in [7, 11) is 4.60. The first-order valence-corrected chi connectivity index (χ1v) is 18.4. The predicted molar refractivity (Wildman–Crippen MR) is 191 cm³/mol. The lowest BCUT2D eigenvalue weighted by molar-refractivity contribution is -0.173. The van der Waals surface area contributed by atoms with E-state index in [1.807, 2.05) is 0 Å². The molecular formula is C38H62O16. The predicted octanol–water partition coefficient (Wildman–Crippen LogP) is 4.60. The van der Waals surface area contributed by atoms with Gasteiger partial charge in [0.2, 0.25) is 0 Å². The number of carbonyl (C=O) groups is 8. The van der Waals surface area contributed by atoms with Crippen LogP contribution in [0.4, 0.5) is 0 Å². The minimum absolute atomic E-state index is 0.0116. The van der Waals surface area contributed by atoms with Crippen LogP contribution in [0.5, 0.6) is 0 Å². The molecule has 4 atom stereocenters. The molecule has 0 aliphatic heterocycles. The molecule has 0 fully saturated rings. The number of hydrogen-bond acceptors (Lipinski definition) is 16. The van der Waals surface area contributed by atoms with Crippen molar-refractivity contribution in [1.29, 1.82) is 0 Å². The Morgan fingerprint density at radius 2 is 0.796 bits per heavy atom. The van der Waals surface area contributed by atoms with Crippen molar-refractivity contribution in [3.05, 3.63) is 0 Å². The average Bonchev–Trinajstić information content (AvgIpc) is 3.13. The van der Waals surface area contributed by atoms with Gasteiger partial charge in [-0.1, -0.05) is 26.2 Å². The topological polar surface area (TPSA) is 210 Å².